The van der Waals surface area contributed by atoms with Crippen molar-refractivity contribution in [3.63, 3.8) is 0 Å². The summed E-state index contributed by atoms with van der Waals surface area (Å²) in [5, 5.41) is 15.4. The zero-order chi connectivity index (χ0) is 15.0. The van der Waals surface area contributed by atoms with Crippen LogP contribution < -0.4 is 11.1 Å². The number of anilines is 3. The molecule has 0 bridgehead atoms. The topological polar surface area (TPSA) is 71.2 Å². The number of phenolic OH excluding ortho intramolecular Hbond substituents is 1. The van der Waals surface area contributed by atoms with Crippen molar-refractivity contribution in [3.05, 3.63) is 53.2 Å². The Morgan fingerprint density at radius 1 is 1.24 bits per heavy atom. The van der Waals surface area contributed by atoms with Gasteiger partial charge < -0.3 is 16.2 Å². The fourth-order valence-electron chi connectivity index (χ4n) is 2.34. The Morgan fingerprint density at radius 3 is 2.86 bits per heavy atom. The molecule has 0 spiro atoms. The molecule has 3 aromatic rings. The van der Waals surface area contributed by atoms with E-state index in [4.69, 9.17) is 17.3 Å². The molecule has 0 saturated heterocycles. The zero-order valence-electron chi connectivity index (χ0n) is 11.4. The van der Waals surface area contributed by atoms with Gasteiger partial charge in [0, 0.05) is 27.7 Å². The monoisotopic (exact) mass is 299 g/mol. The number of nitrogen functional groups attached to an aromatic ring is 1. The van der Waals surface area contributed by atoms with Crippen LogP contribution in [0.15, 0.2) is 42.6 Å². The molecule has 0 saturated carbocycles. The summed E-state index contributed by atoms with van der Waals surface area (Å²) in [6.07, 6.45) is 1.75. The Balaban J connectivity index is 2.16. The predicted octanol–water partition coefficient (Wildman–Crippen LogP) is 4.23. The quantitative estimate of drug-likeness (QED) is 0.489. The molecule has 2 aromatic carbocycles. The van der Waals surface area contributed by atoms with E-state index in [1.165, 1.54) is 6.07 Å². The van der Waals surface area contributed by atoms with Gasteiger partial charge in [0.2, 0.25) is 0 Å². The SMILES string of the molecule is Cc1cnc(Nc2cc(Cl)ccc2O)c2cccc(N)c12. The number of nitrogens with zero attached hydrogens (tertiary/aromatic N) is 1. The number of nitrogens with two attached hydrogens (primary N) is 1. The number of hydrogen-bond donors (Lipinski definition) is 3. The number of halogens is 1. The first-order valence-electron chi connectivity index (χ1n) is 6.45. The first kappa shape index (κ1) is 13.5. The third-order valence-corrected chi connectivity index (χ3v) is 3.58. The van der Waals surface area contributed by atoms with Gasteiger partial charge in [-0.05, 0) is 36.8 Å². The molecule has 1 heterocycles. The standard InChI is InChI=1S/C16H14ClN3O/c1-9-8-19-16(11-3-2-4-12(18)15(9)11)20-13-7-10(17)5-6-14(13)21/h2-8,21H,18H2,1H3,(H,19,20). The number of pyridine rings is 1. The van der Waals surface area contributed by atoms with E-state index in [9.17, 15) is 5.11 Å². The summed E-state index contributed by atoms with van der Waals surface area (Å²) in [5.41, 5.74) is 8.25. The van der Waals surface area contributed by atoms with Crippen molar-refractivity contribution >= 4 is 39.6 Å². The minimum absolute atomic E-state index is 0.110. The van der Waals surface area contributed by atoms with E-state index < -0.39 is 0 Å². The Morgan fingerprint density at radius 2 is 2.05 bits per heavy atom. The lowest BCUT2D eigenvalue weighted by atomic mass is 10.1. The number of fused-ring (bicyclic) bond motifs is 1. The number of aromatic nitrogens is 1. The van der Waals surface area contributed by atoms with Crippen LogP contribution in [-0.2, 0) is 0 Å². The number of benzene rings is 2. The highest BCUT2D eigenvalue weighted by Crippen LogP contribution is 2.34. The summed E-state index contributed by atoms with van der Waals surface area (Å²) in [5.74, 6) is 0.735. The van der Waals surface area contributed by atoms with Crippen LogP contribution >= 0.6 is 11.6 Å². The number of nitrogens with one attached hydrogen (secondary N) is 1. The van der Waals surface area contributed by atoms with Gasteiger partial charge in [-0.15, -0.1) is 0 Å². The maximum absolute atomic E-state index is 9.90. The van der Waals surface area contributed by atoms with Gasteiger partial charge >= 0.3 is 0 Å². The van der Waals surface area contributed by atoms with Crippen LogP contribution in [0.2, 0.25) is 5.02 Å². The maximum Gasteiger partial charge on any atom is 0.139 e. The zero-order valence-corrected chi connectivity index (χ0v) is 12.1. The lowest BCUT2D eigenvalue weighted by Crippen LogP contribution is -1.98. The van der Waals surface area contributed by atoms with Crippen LogP contribution in [0.4, 0.5) is 17.2 Å². The normalized spacial score (nSPS) is 10.8. The molecule has 1 aromatic heterocycles. The number of aryl methyl sites for hydroxylation is 1. The van der Waals surface area contributed by atoms with E-state index in [-0.39, 0.29) is 5.75 Å². The van der Waals surface area contributed by atoms with Gasteiger partial charge in [-0.3, -0.25) is 0 Å². The first-order chi connectivity index (χ1) is 10.1. The van der Waals surface area contributed by atoms with Crippen LogP contribution in [-0.4, -0.2) is 10.1 Å². The van der Waals surface area contributed by atoms with Crippen LogP contribution in [0, 0.1) is 6.92 Å². The van der Waals surface area contributed by atoms with Gasteiger partial charge in [-0.1, -0.05) is 23.7 Å². The van der Waals surface area contributed by atoms with E-state index in [1.54, 1.807) is 18.3 Å². The Hall–Kier alpha value is -2.46. The molecule has 0 aliphatic carbocycles. The lowest BCUT2D eigenvalue weighted by Gasteiger charge is -2.13. The highest BCUT2D eigenvalue weighted by Gasteiger charge is 2.10. The molecule has 0 unspecified atom stereocenters. The van der Waals surface area contributed by atoms with Crippen molar-refractivity contribution in [3.8, 4) is 5.75 Å². The largest absolute Gasteiger partial charge is 0.506 e. The molecular formula is C16H14ClN3O. The summed E-state index contributed by atoms with van der Waals surface area (Å²) in [6.45, 7) is 1.96. The number of rotatable bonds is 2. The van der Waals surface area contributed by atoms with Gasteiger partial charge in [0.1, 0.15) is 11.6 Å². The van der Waals surface area contributed by atoms with Crippen LogP contribution in [0.5, 0.6) is 5.75 Å². The second kappa shape index (κ2) is 5.14. The average Bonchev–Trinajstić information content (AvgIpc) is 2.46. The third kappa shape index (κ3) is 2.45. The smallest absolute Gasteiger partial charge is 0.139 e. The molecular weight excluding hydrogens is 286 g/mol. The fourth-order valence-corrected chi connectivity index (χ4v) is 2.51. The van der Waals surface area contributed by atoms with Crippen LogP contribution in [0.1, 0.15) is 5.56 Å². The molecule has 4 N–H and O–H groups in total. The van der Waals surface area contributed by atoms with Crippen molar-refractivity contribution < 1.29 is 5.11 Å². The summed E-state index contributed by atoms with van der Waals surface area (Å²) in [6, 6.07) is 10.5. The molecule has 5 heteroatoms. The molecule has 0 fully saturated rings. The van der Waals surface area contributed by atoms with Crippen molar-refractivity contribution in [2.45, 2.75) is 6.92 Å². The second-order valence-electron chi connectivity index (χ2n) is 4.85. The van der Waals surface area contributed by atoms with Crippen LogP contribution in [0.3, 0.4) is 0 Å². The average molecular weight is 300 g/mol. The van der Waals surface area contributed by atoms with E-state index in [0.717, 1.165) is 16.3 Å². The van der Waals surface area contributed by atoms with Crippen molar-refractivity contribution in [2.75, 3.05) is 11.1 Å². The van der Waals surface area contributed by atoms with Gasteiger partial charge in [-0.25, -0.2) is 4.98 Å². The summed E-state index contributed by atoms with van der Waals surface area (Å²) in [4.78, 5) is 4.39. The van der Waals surface area contributed by atoms with Crippen molar-refractivity contribution in [2.24, 2.45) is 0 Å². The van der Waals surface area contributed by atoms with E-state index in [1.807, 2.05) is 25.1 Å². The molecule has 0 radical (unpaired) electrons. The van der Waals surface area contributed by atoms with Gasteiger partial charge in [-0.2, -0.15) is 0 Å². The molecule has 0 aliphatic rings. The molecule has 0 atom stereocenters. The summed E-state index contributed by atoms with van der Waals surface area (Å²) < 4.78 is 0. The lowest BCUT2D eigenvalue weighted by molar-refractivity contribution is 0.478. The highest BCUT2D eigenvalue weighted by atomic mass is 35.5. The second-order valence-corrected chi connectivity index (χ2v) is 5.28. The number of hydrogen-bond acceptors (Lipinski definition) is 4. The number of phenols is 1. The molecule has 0 amide bonds. The summed E-state index contributed by atoms with van der Waals surface area (Å²) in [7, 11) is 0. The van der Waals surface area contributed by atoms with E-state index >= 15 is 0 Å². The van der Waals surface area contributed by atoms with E-state index in [0.29, 0.717) is 22.2 Å². The van der Waals surface area contributed by atoms with Crippen molar-refractivity contribution in [1.82, 2.24) is 4.98 Å². The molecule has 106 valence electrons. The molecule has 21 heavy (non-hydrogen) atoms. The maximum atomic E-state index is 9.90. The van der Waals surface area contributed by atoms with Gasteiger partial charge in [0.25, 0.3) is 0 Å². The predicted molar refractivity (Wildman–Crippen MR) is 87.3 cm³/mol. The van der Waals surface area contributed by atoms with Gasteiger partial charge in [0.05, 0.1) is 5.69 Å². The van der Waals surface area contributed by atoms with Crippen LogP contribution in [0.25, 0.3) is 10.8 Å². The highest BCUT2D eigenvalue weighted by molar-refractivity contribution is 6.31. The Kier molecular flexibility index (Phi) is 3.31. The first-order valence-corrected chi connectivity index (χ1v) is 6.83. The summed E-state index contributed by atoms with van der Waals surface area (Å²) >= 11 is 5.96. The fraction of sp³-hybridized carbons (Fsp3) is 0.0625. The minimum atomic E-state index is 0.110. The third-order valence-electron chi connectivity index (χ3n) is 3.35. The van der Waals surface area contributed by atoms with Crippen molar-refractivity contribution in [1.29, 1.82) is 0 Å². The Labute approximate surface area is 127 Å². The minimum Gasteiger partial charge on any atom is -0.506 e. The Bertz CT molecular complexity index is 825. The number of aromatic hydroxyl groups is 1. The molecule has 4 nitrogen and oxygen atoms in total. The van der Waals surface area contributed by atoms with Gasteiger partial charge in [0.15, 0.2) is 0 Å². The van der Waals surface area contributed by atoms with E-state index in [2.05, 4.69) is 10.3 Å². The molecule has 3 rings (SSSR count). The molecule has 0 aliphatic heterocycles.